The van der Waals surface area contributed by atoms with E-state index in [1.807, 2.05) is 6.07 Å². The molecule has 8 heteroatoms. The summed E-state index contributed by atoms with van der Waals surface area (Å²) in [4.78, 5) is 7.65. The van der Waals surface area contributed by atoms with E-state index in [9.17, 15) is 9.50 Å². The summed E-state index contributed by atoms with van der Waals surface area (Å²) in [7, 11) is 0. The van der Waals surface area contributed by atoms with Crippen LogP contribution in [-0.2, 0) is 4.74 Å². The van der Waals surface area contributed by atoms with Crippen LogP contribution in [0, 0.1) is 5.82 Å². The Morgan fingerprint density at radius 1 is 1.30 bits per heavy atom. The van der Waals surface area contributed by atoms with Crippen LogP contribution in [0.15, 0.2) is 30.6 Å². The third kappa shape index (κ3) is 2.58. The average molecular weight is 334 g/mol. The van der Waals surface area contributed by atoms with E-state index in [0.29, 0.717) is 36.1 Å². The van der Waals surface area contributed by atoms with Gasteiger partial charge in [-0.15, -0.1) is 0 Å². The van der Waals surface area contributed by atoms with Crippen LogP contribution in [0.2, 0.25) is 0 Å². The van der Waals surface area contributed by atoms with E-state index < -0.39 is 0 Å². The van der Waals surface area contributed by atoms with E-state index >= 15 is 0 Å². The Balaban J connectivity index is 1.83. The number of ether oxygens (including phenoxy) is 1. The van der Waals surface area contributed by atoms with E-state index in [4.69, 9.17) is 4.74 Å². The van der Waals surface area contributed by atoms with Crippen molar-refractivity contribution in [3.05, 3.63) is 46.9 Å². The molecule has 0 unspecified atom stereocenters. The van der Waals surface area contributed by atoms with Crippen LogP contribution in [0.1, 0.15) is 16.5 Å². The summed E-state index contributed by atoms with van der Waals surface area (Å²) < 4.78 is 20.5. The predicted octanol–water partition coefficient (Wildman–Crippen LogP) is 2.06. The van der Waals surface area contributed by atoms with Crippen molar-refractivity contribution in [3.63, 3.8) is 0 Å². The summed E-state index contributed by atoms with van der Waals surface area (Å²) in [6, 6.07) is 6.24. The molecule has 0 saturated carbocycles. The number of nitrogens with zero attached hydrogens (tertiary/aromatic N) is 4. The Labute approximate surface area is 135 Å². The zero-order valence-corrected chi connectivity index (χ0v) is 13.0. The molecule has 0 amide bonds. The van der Waals surface area contributed by atoms with Gasteiger partial charge in [0.2, 0.25) is 10.8 Å². The molecule has 1 aliphatic heterocycles. The van der Waals surface area contributed by atoms with E-state index in [1.54, 1.807) is 6.07 Å². The number of halogens is 1. The monoisotopic (exact) mass is 334 g/mol. The fraction of sp³-hybridized carbons (Fsp3) is 0.333. The molecule has 0 spiro atoms. The molecule has 23 heavy (non-hydrogen) atoms. The maximum absolute atomic E-state index is 13.7. The van der Waals surface area contributed by atoms with Gasteiger partial charge in [-0.25, -0.2) is 9.37 Å². The molecule has 1 N–H and O–H groups in total. The van der Waals surface area contributed by atoms with Crippen LogP contribution < -0.4 is 0 Å². The SMILES string of the molecule is Oc1c([C@@H](c2cccc(F)c2)N2CCOCC2)sc2ncnn12. The summed E-state index contributed by atoms with van der Waals surface area (Å²) in [5, 5.41) is 14.6. The minimum absolute atomic E-state index is 0.0586. The molecule has 1 aromatic carbocycles. The van der Waals surface area contributed by atoms with Gasteiger partial charge in [-0.05, 0) is 17.7 Å². The fourth-order valence-electron chi connectivity index (χ4n) is 2.91. The van der Waals surface area contributed by atoms with Gasteiger partial charge in [0.15, 0.2) is 0 Å². The first-order valence-electron chi connectivity index (χ1n) is 7.32. The molecule has 1 atom stereocenters. The number of hydrogen-bond donors (Lipinski definition) is 1. The second-order valence-electron chi connectivity index (χ2n) is 5.35. The quantitative estimate of drug-likeness (QED) is 0.794. The van der Waals surface area contributed by atoms with E-state index in [-0.39, 0.29) is 17.7 Å². The molecule has 0 bridgehead atoms. The van der Waals surface area contributed by atoms with Gasteiger partial charge in [-0.3, -0.25) is 4.90 Å². The van der Waals surface area contributed by atoms with Crippen LogP contribution in [-0.4, -0.2) is 50.9 Å². The lowest BCUT2D eigenvalue weighted by Crippen LogP contribution is -2.39. The maximum Gasteiger partial charge on any atom is 0.230 e. The number of rotatable bonds is 3. The molecule has 6 nitrogen and oxygen atoms in total. The Kier molecular flexibility index (Phi) is 3.72. The molecule has 0 radical (unpaired) electrons. The summed E-state index contributed by atoms with van der Waals surface area (Å²) in [5.74, 6) is -0.233. The van der Waals surface area contributed by atoms with Gasteiger partial charge in [0, 0.05) is 13.1 Å². The lowest BCUT2D eigenvalue weighted by atomic mass is 10.0. The third-order valence-corrected chi connectivity index (χ3v) is 5.05. The number of morpholine rings is 1. The summed E-state index contributed by atoms with van der Waals surface area (Å²) >= 11 is 1.37. The molecule has 1 fully saturated rings. The zero-order chi connectivity index (χ0) is 15.8. The largest absolute Gasteiger partial charge is 0.492 e. The lowest BCUT2D eigenvalue weighted by Gasteiger charge is -2.34. The van der Waals surface area contributed by atoms with Crippen molar-refractivity contribution < 1.29 is 14.2 Å². The van der Waals surface area contributed by atoms with E-state index in [2.05, 4.69) is 15.0 Å². The topological polar surface area (TPSA) is 62.9 Å². The van der Waals surface area contributed by atoms with E-state index in [0.717, 1.165) is 5.56 Å². The number of aromatic nitrogens is 3. The van der Waals surface area contributed by atoms with Gasteiger partial charge in [0.1, 0.15) is 12.1 Å². The van der Waals surface area contributed by atoms with Crippen molar-refractivity contribution in [2.24, 2.45) is 0 Å². The molecule has 120 valence electrons. The van der Waals surface area contributed by atoms with Gasteiger partial charge in [-0.2, -0.15) is 9.61 Å². The first-order valence-corrected chi connectivity index (χ1v) is 8.14. The molecule has 3 heterocycles. The fourth-order valence-corrected chi connectivity index (χ4v) is 4.00. The molecule has 4 rings (SSSR count). The first kappa shape index (κ1) is 14.6. The molecule has 3 aromatic rings. The van der Waals surface area contributed by atoms with Crippen molar-refractivity contribution in [2.45, 2.75) is 6.04 Å². The summed E-state index contributed by atoms with van der Waals surface area (Å²) in [6.07, 6.45) is 1.40. The standard InChI is InChI=1S/C15H15FN4O2S/c16-11-3-1-2-10(8-11)12(19-4-6-22-7-5-19)13-14(21)20-15(23-13)17-9-18-20/h1-3,8-9,12,21H,4-7H2/t12-/m1/s1. The van der Waals surface area contributed by atoms with Crippen molar-refractivity contribution in [2.75, 3.05) is 26.3 Å². The zero-order valence-electron chi connectivity index (χ0n) is 12.2. The Hall–Kier alpha value is -2.03. The van der Waals surface area contributed by atoms with Crippen molar-refractivity contribution in [1.29, 1.82) is 0 Å². The minimum Gasteiger partial charge on any atom is -0.492 e. The highest BCUT2D eigenvalue weighted by Gasteiger charge is 2.30. The highest BCUT2D eigenvalue weighted by molar-refractivity contribution is 7.17. The normalized spacial score (nSPS) is 17.6. The first-order chi connectivity index (χ1) is 11.2. The number of benzene rings is 1. The third-order valence-electron chi connectivity index (χ3n) is 3.96. The maximum atomic E-state index is 13.7. The van der Waals surface area contributed by atoms with Crippen molar-refractivity contribution in [3.8, 4) is 5.88 Å². The summed E-state index contributed by atoms with van der Waals surface area (Å²) in [6.45, 7) is 2.67. The molecule has 0 aliphatic carbocycles. The highest BCUT2D eigenvalue weighted by Crippen LogP contribution is 2.39. The minimum atomic E-state index is -0.292. The van der Waals surface area contributed by atoms with Crippen LogP contribution in [0.5, 0.6) is 5.88 Å². The second kappa shape index (κ2) is 5.88. The Morgan fingerprint density at radius 2 is 2.13 bits per heavy atom. The molecular weight excluding hydrogens is 319 g/mol. The number of thiazole rings is 1. The Bertz CT molecular complexity index is 828. The van der Waals surface area contributed by atoms with Gasteiger partial charge in [-0.1, -0.05) is 23.5 Å². The molecule has 2 aromatic heterocycles. The van der Waals surface area contributed by atoms with Crippen LogP contribution in [0.3, 0.4) is 0 Å². The van der Waals surface area contributed by atoms with Crippen LogP contribution in [0.25, 0.3) is 4.96 Å². The predicted molar refractivity (Wildman–Crippen MR) is 83.2 cm³/mol. The van der Waals surface area contributed by atoms with Gasteiger partial charge >= 0.3 is 0 Å². The number of aromatic hydroxyl groups is 1. The average Bonchev–Trinajstić information content (AvgIpc) is 3.13. The second-order valence-corrected chi connectivity index (χ2v) is 6.36. The van der Waals surface area contributed by atoms with Crippen LogP contribution >= 0.6 is 11.3 Å². The highest BCUT2D eigenvalue weighted by atomic mass is 32.1. The van der Waals surface area contributed by atoms with Crippen molar-refractivity contribution in [1.82, 2.24) is 19.5 Å². The smallest absolute Gasteiger partial charge is 0.230 e. The molecule has 1 aliphatic rings. The molecule has 1 saturated heterocycles. The molecular formula is C15H15FN4O2S. The van der Waals surface area contributed by atoms with Gasteiger partial charge in [0.05, 0.1) is 24.1 Å². The van der Waals surface area contributed by atoms with Crippen molar-refractivity contribution >= 4 is 16.3 Å². The van der Waals surface area contributed by atoms with Crippen LogP contribution in [0.4, 0.5) is 4.39 Å². The summed E-state index contributed by atoms with van der Waals surface area (Å²) in [5.41, 5.74) is 0.798. The van der Waals surface area contributed by atoms with E-state index in [1.165, 1.54) is 34.3 Å². The Morgan fingerprint density at radius 3 is 2.87 bits per heavy atom. The number of fused-ring (bicyclic) bond motifs is 1. The number of hydrogen-bond acceptors (Lipinski definition) is 6. The van der Waals surface area contributed by atoms with Gasteiger partial charge < -0.3 is 9.84 Å². The van der Waals surface area contributed by atoms with Gasteiger partial charge in [0.25, 0.3) is 0 Å². The lowest BCUT2D eigenvalue weighted by molar-refractivity contribution is 0.0240.